The van der Waals surface area contributed by atoms with Gasteiger partial charge >= 0.3 is 29.8 Å². The Morgan fingerprint density at radius 3 is 1.43 bits per heavy atom. The van der Waals surface area contributed by atoms with Crippen LogP contribution in [0.1, 0.15) is 110 Å². The van der Waals surface area contributed by atoms with Crippen molar-refractivity contribution >= 4 is 53.4 Å². The van der Waals surface area contributed by atoms with Gasteiger partial charge < -0.3 is 33.7 Å². The van der Waals surface area contributed by atoms with Crippen LogP contribution in [0.4, 0.5) is 0 Å². The number of hydrogen-bond acceptors (Lipinski definition) is 12. The van der Waals surface area contributed by atoms with E-state index in [0.717, 1.165) is 56.2 Å². The lowest BCUT2D eigenvalue weighted by molar-refractivity contribution is -0.142. The highest BCUT2D eigenvalue weighted by Crippen LogP contribution is 2.38. The number of aromatic amines is 2. The van der Waals surface area contributed by atoms with E-state index in [9.17, 15) is 24.0 Å². The number of nitrogens with zero attached hydrogens (tertiary/aromatic N) is 2. The molecule has 0 saturated heterocycles. The highest BCUT2D eigenvalue weighted by molar-refractivity contribution is 6.22. The standard InChI is InChI=1S/C44H56N4O10/c1-11-58-44(53)20-33-32(15-19-43(52)57-10)38(22-35-25(3)30(28(6)46-35)13-17-41(50)55-8)48-39(33)23-37-31(14-18-42(51)56-9)26(4)36(47-37)21-34-24(2)29(27(5)45-34)12-16-40(49)54-7/h21-22,45-46H,11-20,23H2,1-10H3/b36-21+,38-22-. The topological polar surface area (TPSA) is 188 Å². The highest BCUT2D eigenvalue weighted by atomic mass is 16.5. The zero-order chi connectivity index (χ0) is 42.7. The van der Waals surface area contributed by atoms with Crippen LogP contribution in [0.15, 0.2) is 43.7 Å². The number of carbonyl (C=O) groups excluding carboxylic acids is 5. The van der Waals surface area contributed by atoms with Crippen LogP contribution < -0.4 is 0 Å². The maximum Gasteiger partial charge on any atom is 0.310 e. The van der Waals surface area contributed by atoms with Crippen molar-refractivity contribution in [2.75, 3.05) is 35.0 Å². The van der Waals surface area contributed by atoms with Crippen LogP contribution in [-0.2, 0) is 60.5 Å². The molecule has 2 aromatic heterocycles. The van der Waals surface area contributed by atoms with Gasteiger partial charge in [0.25, 0.3) is 0 Å². The monoisotopic (exact) mass is 800 g/mol. The lowest BCUT2D eigenvalue weighted by Crippen LogP contribution is -2.15. The van der Waals surface area contributed by atoms with E-state index in [-0.39, 0.29) is 69.5 Å². The van der Waals surface area contributed by atoms with E-state index in [0.29, 0.717) is 53.2 Å². The van der Waals surface area contributed by atoms with Crippen molar-refractivity contribution in [2.24, 2.45) is 9.98 Å². The number of methoxy groups -OCH3 is 4. The van der Waals surface area contributed by atoms with Gasteiger partial charge in [-0.25, -0.2) is 0 Å². The predicted octanol–water partition coefficient (Wildman–Crippen LogP) is 6.94. The Kier molecular flexibility index (Phi) is 15.9. The Bertz CT molecular complexity index is 2140. The van der Waals surface area contributed by atoms with Crippen molar-refractivity contribution in [3.8, 4) is 0 Å². The third kappa shape index (κ3) is 11.0. The number of hydrogen-bond donors (Lipinski definition) is 2. The van der Waals surface area contributed by atoms with Gasteiger partial charge in [0, 0.05) is 54.9 Å². The number of ether oxygens (including phenoxy) is 5. The predicted molar refractivity (Wildman–Crippen MR) is 220 cm³/mol. The van der Waals surface area contributed by atoms with Gasteiger partial charge in [-0.15, -0.1) is 0 Å². The van der Waals surface area contributed by atoms with Crippen LogP contribution in [0, 0.1) is 27.7 Å². The fourth-order valence-corrected chi connectivity index (χ4v) is 7.42. The smallest absolute Gasteiger partial charge is 0.310 e. The number of esters is 5. The zero-order valence-corrected chi connectivity index (χ0v) is 35.4. The molecule has 0 aliphatic carbocycles. The lowest BCUT2D eigenvalue weighted by Gasteiger charge is -2.12. The molecular formula is C44H56N4O10. The van der Waals surface area contributed by atoms with Crippen LogP contribution in [0.5, 0.6) is 0 Å². The molecule has 4 rings (SSSR count). The number of aromatic nitrogens is 2. The van der Waals surface area contributed by atoms with Gasteiger partial charge in [-0.2, -0.15) is 0 Å². The fraction of sp³-hybridized carbons (Fsp3) is 0.477. The summed E-state index contributed by atoms with van der Waals surface area (Å²) in [4.78, 5) is 79.1. The number of carbonyl (C=O) groups is 5. The fourth-order valence-electron chi connectivity index (χ4n) is 7.42. The average Bonchev–Trinajstić information content (AvgIpc) is 3.86. The normalized spacial score (nSPS) is 15.3. The third-order valence-electron chi connectivity index (χ3n) is 10.7. The van der Waals surface area contributed by atoms with Gasteiger partial charge in [0.15, 0.2) is 0 Å². The Labute approximate surface area is 339 Å². The number of aryl methyl sites for hydroxylation is 2. The molecule has 0 radical (unpaired) electrons. The largest absolute Gasteiger partial charge is 0.469 e. The number of H-pyrrole nitrogens is 2. The molecule has 2 aliphatic heterocycles. The van der Waals surface area contributed by atoms with E-state index in [1.807, 2.05) is 46.8 Å². The number of rotatable bonds is 19. The number of nitrogens with one attached hydrogen (secondary N) is 2. The summed E-state index contributed by atoms with van der Waals surface area (Å²) in [6.07, 6.45) is 6.31. The first-order chi connectivity index (χ1) is 27.6. The van der Waals surface area contributed by atoms with Crippen LogP contribution >= 0.6 is 0 Å². The maximum absolute atomic E-state index is 13.2. The van der Waals surface area contributed by atoms with E-state index in [4.69, 9.17) is 33.7 Å². The Morgan fingerprint density at radius 1 is 0.552 bits per heavy atom. The highest BCUT2D eigenvalue weighted by Gasteiger charge is 2.31. The molecule has 0 unspecified atom stereocenters. The third-order valence-corrected chi connectivity index (χ3v) is 10.7. The molecular weight excluding hydrogens is 745 g/mol. The Balaban J connectivity index is 1.85. The van der Waals surface area contributed by atoms with Gasteiger partial charge in [0.2, 0.25) is 0 Å². The second kappa shape index (κ2) is 20.6. The summed E-state index contributed by atoms with van der Waals surface area (Å²) >= 11 is 0. The summed E-state index contributed by atoms with van der Waals surface area (Å²) in [7, 11) is 5.42. The van der Waals surface area contributed by atoms with E-state index in [2.05, 4.69) is 9.97 Å². The summed E-state index contributed by atoms with van der Waals surface area (Å²) in [6.45, 7) is 11.8. The van der Waals surface area contributed by atoms with Crippen molar-refractivity contribution in [1.29, 1.82) is 0 Å². The van der Waals surface area contributed by atoms with Gasteiger partial charge in [-0.1, -0.05) is 0 Å². The van der Waals surface area contributed by atoms with Gasteiger partial charge in [-0.3, -0.25) is 34.0 Å². The van der Waals surface area contributed by atoms with Crippen molar-refractivity contribution in [1.82, 2.24) is 9.97 Å². The lowest BCUT2D eigenvalue weighted by atomic mass is 9.91. The van der Waals surface area contributed by atoms with Crippen molar-refractivity contribution in [3.63, 3.8) is 0 Å². The van der Waals surface area contributed by atoms with Crippen LogP contribution in [0.3, 0.4) is 0 Å². The summed E-state index contributed by atoms with van der Waals surface area (Å²) in [5, 5.41) is 0. The molecule has 2 aromatic rings. The van der Waals surface area contributed by atoms with E-state index in [1.165, 1.54) is 28.4 Å². The first-order valence-electron chi connectivity index (χ1n) is 19.5. The summed E-state index contributed by atoms with van der Waals surface area (Å²) in [5.41, 5.74) is 13.1. The molecule has 2 aliphatic rings. The minimum absolute atomic E-state index is 0.0547. The zero-order valence-electron chi connectivity index (χ0n) is 35.4. The SMILES string of the molecule is CCOC(=O)CC1=C(CCC(=O)OC)/C(=C/c2[nH]c(C)c(CCC(=O)OC)c2C)N=C1CC1=N/C(=C/c2[nH]c(C)c(CCC(=O)OC)c2C)C(C)=C1CCC(=O)OC. The van der Waals surface area contributed by atoms with Gasteiger partial charge in [0.05, 0.1) is 64.3 Å². The molecule has 0 atom stereocenters. The quantitative estimate of drug-likeness (QED) is 0.111. The molecule has 0 bridgehead atoms. The summed E-state index contributed by atoms with van der Waals surface area (Å²) < 4.78 is 25.1. The van der Waals surface area contributed by atoms with E-state index in [1.54, 1.807) is 6.92 Å². The van der Waals surface area contributed by atoms with E-state index >= 15 is 0 Å². The summed E-state index contributed by atoms with van der Waals surface area (Å²) in [6, 6.07) is 0. The molecule has 312 valence electrons. The van der Waals surface area contributed by atoms with Crippen LogP contribution in [-0.4, -0.2) is 86.3 Å². The molecule has 0 aromatic carbocycles. The molecule has 14 nitrogen and oxygen atoms in total. The second-order valence-corrected chi connectivity index (χ2v) is 14.2. The molecule has 0 amide bonds. The first-order valence-corrected chi connectivity index (χ1v) is 19.5. The minimum Gasteiger partial charge on any atom is -0.469 e. The molecule has 4 heterocycles. The molecule has 14 heteroatoms. The van der Waals surface area contributed by atoms with Crippen molar-refractivity contribution in [2.45, 2.75) is 106 Å². The van der Waals surface area contributed by atoms with Gasteiger partial charge in [-0.05, 0) is 124 Å². The van der Waals surface area contributed by atoms with Crippen molar-refractivity contribution < 1.29 is 47.7 Å². The molecule has 0 saturated carbocycles. The Hall–Kier alpha value is -5.79. The van der Waals surface area contributed by atoms with Crippen LogP contribution in [0.2, 0.25) is 0 Å². The average molecular weight is 801 g/mol. The molecule has 0 spiro atoms. The van der Waals surface area contributed by atoms with Gasteiger partial charge in [0.1, 0.15) is 0 Å². The summed E-state index contributed by atoms with van der Waals surface area (Å²) in [5.74, 6) is -1.79. The Morgan fingerprint density at radius 2 is 0.966 bits per heavy atom. The van der Waals surface area contributed by atoms with E-state index < -0.39 is 11.9 Å². The maximum atomic E-state index is 13.2. The number of allylic oxidation sites excluding steroid dienone is 3. The molecule has 58 heavy (non-hydrogen) atoms. The molecule has 2 N–H and O–H groups in total. The second-order valence-electron chi connectivity index (χ2n) is 14.2. The molecule has 0 fully saturated rings. The van der Waals surface area contributed by atoms with Crippen molar-refractivity contribution in [3.05, 3.63) is 78.7 Å². The number of aliphatic imine (C=N–C) groups is 2. The first kappa shape index (κ1) is 44.9. The van der Waals surface area contributed by atoms with Crippen LogP contribution in [0.25, 0.3) is 12.2 Å². The minimum atomic E-state index is -0.439.